The molecule has 0 radical (unpaired) electrons. The van der Waals surface area contributed by atoms with E-state index in [0.717, 1.165) is 0 Å². The topological polar surface area (TPSA) is 40.5 Å². The quantitative estimate of drug-likeness (QED) is 0.210. The fourth-order valence-electron chi connectivity index (χ4n) is 2.98. The molecule has 35 heavy (non-hydrogen) atoms. The van der Waals surface area contributed by atoms with Crippen molar-refractivity contribution in [3.8, 4) is 0 Å². The minimum atomic E-state index is -7.96. The van der Waals surface area contributed by atoms with E-state index in [2.05, 4.69) is 0 Å². The van der Waals surface area contributed by atoms with Crippen molar-refractivity contribution in [1.29, 1.82) is 0 Å². The second kappa shape index (κ2) is 11.7. The number of carboxylic acids is 1. The van der Waals surface area contributed by atoms with Crippen LogP contribution in [0.3, 0.4) is 0 Å². The van der Waals surface area contributed by atoms with Crippen molar-refractivity contribution in [1.82, 2.24) is 4.90 Å². The molecular formula is C19H26F13NO2. The molecule has 210 valence electrons. The third-order valence-corrected chi connectivity index (χ3v) is 5.29. The highest BCUT2D eigenvalue weighted by atomic mass is 19.4. The number of nitrogens with zero attached hydrogens (tertiary/aromatic N) is 1. The summed E-state index contributed by atoms with van der Waals surface area (Å²) in [6.07, 6.45) is -9.13. The third kappa shape index (κ3) is 7.06. The van der Waals surface area contributed by atoms with Crippen molar-refractivity contribution in [2.75, 3.05) is 19.6 Å². The van der Waals surface area contributed by atoms with E-state index in [-0.39, 0.29) is 13.1 Å². The molecule has 0 aliphatic heterocycles. The van der Waals surface area contributed by atoms with Gasteiger partial charge in [-0.3, -0.25) is 4.79 Å². The smallest absolute Gasteiger partial charge is 0.460 e. The molecule has 0 saturated carbocycles. The first-order chi connectivity index (χ1) is 15.5. The Morgan fingerprint density at radius 2 is 1.11 bits per heavy atom. The Hall–Kier alpha value is -1.48. The SMILES string of the molecule is CCCCN(CCCC)CC(CCC(F)(F)C(F)(F)C(F)(F)C(F)(F)C(F)(F)C(F)(F)F)C(=O)O. The highest BCUT2D eigenvalue weighted by Crippen LogP contribution is 2.60. The number of hydrogen-bond acceptors (Lipinski definition) is 2. The first kappa shape index (κ1) is 33.5. The van der Waals surface area contributed by atoms with Gasteiger partial charge in [-0.2, -0.15) is 57.1 Å². The van der Waals surface area contributed by atoms with Crippen LogP contribution in [0.1, 0.15) is 52.4 Å². The zero-order valence-corrected chi connectivity index (χ0v) is 18.7. The molecule has 0 rings (SSSR count). The summed E-state index contributed by atoms with van der Waals surface area (Å²) in [5.41, 5.74) is 0. The number of aliphatic carboxylic acids is 1. The summed E-state index contributed by atoms with van der Waals surface area (Å²) in [5, 5.41) is 9.21. The lowest BCUT2D eigenvalue weighted by molar-refractivity contribution is -0.440. The lowest BCUT2D eigenvalue weighted by atomic mass is 9.90. The third-order valence-electron chi connectivity index (χ3n) is 5.29. The van der Waals surface area contributed by atoms with Crippen LogP contribution < -0.4 is 0 Å². The Morgan fingerprint density at radius 1 is 0.714 bits per heavy atom. The Morgan fingerprint density at radius 3 is 1.46 bits per heavy atom. The van der Waals surface area contributed by atoms with Crippen LogP contribution in [-0.2, 0) is 4.79 Å². The predicted molar refractivity (Wildman–Crippen MR) is 97.4 cm³/mol. The predicted octanol–water partition coefficient (Wildman–Crippen LogP) is 7.11. The average molecular weight is 547 g/mol. The maximum Gasteiger partial charge on any atom is 0.460 e. The van der Waals surface area contributed by atoms with Crippen LogP contribution in [0.25, 0.3) is 0 Å². The monoisotopic (exact) mass is 547 g/mol. The molecule has 0 heterocycles. The Bertz CT molecular complexity index is 672. The maximum absolute atomic E-state index is 14.0. The van der Waals surface area contributed by atoms with Crippen molar-refractivity contribution in [3.63, 3.8) is 0 Å². The summed E-state index contributed by atoms with van der Waals surface area (Å²) in [4.78, 5) is 12.9. The molecule has 0 aromatic carbocycles. The number of carbonyl (C=O) groups is 1. The summed E-state index contributed by atoms with van der Waals surface area (Å²) in [5.74, 6) is -41.0. The molecule has 16 heteroatoms. The zero-order valence-electron chi connectivity index (χ0n) is 18.7. The molecule has 0 saturated heterocycles. The summed E-state index contributed by atoms with van der Waals surface area (Å²) in [7, 11) is 0. The van der Waals surface area contributed by atoms with Gasteiger partial charge in [-0.1, -0.05) is 26.7 Å². The molecule has 3 nitrogen and oxygen atoms in total. The summed E-state index contributed by atoms with van der Waals surface area (Å²) >= 11 is 0. The van der Waals surface area contributed by atoms with Gasteiger partial charge in [-0.25, -0.2) is 0 Å². The van der Waals surface area contributed by atoms with Gasteiger partial charge in [0.2, 0.25) is 0 Å². The minimum absolute atomic E-state index is 0.268. The van der Waals surface area contributed by atoms with Gasteiger partial charge in [0, 0.05) is 13.0 Å². The summed E-state index contributed by atoms with van der Waals surface area (Å²) < 4.78 is 171. The van der Waals surface area contributed by atoms with Crippen LogP contribution in [0, 0.1) is 5.92 Å². The fraction of sp³-hybridized carbons (Fsp3) is 0.947. The Labute approximate surface area is 192 Å². The Kier molecular flexibility index (Phi) is 11.2. The van der Waals surface area contributed by atoms with E-state index in [9.17, 15) is 67.0 Å². The van der Waals surface area contributed by atoms with Crippen LogP contribution in [-0.4, -0.2) is 71.4 Å². The highest BCUT2D eigenvalue weighted by molar-refractivity contribution is 5.70. The first-order valence-corrected chi connectivity index (χ1v) is 10.5. The summed E-state index contributed by atoms with van der Waals surface area (Å²) in [6.45, 7) is 3.57. The number of hydrogen-bond donors (Lipinski definition) is 1. The molecule has 0 fully saturated rings. The first-order valence-electron chi connectivity index (χ1n) is 10.5. The molecule has 0 amide bonds. The van der Waals surface area contributed by atoms with E-state index in [1.165, 1.54) is 4.90 Å². The van der Waals surface area contributed by atoms with Crippen LogP contribution in [0.2, 0.25) is 0 Å². The molecule has 0 aliphatic rings. The molecule has 1 unspecified atom stereocenters. The van der Waals surface area contributed by atoms with E-state index in [1.54, 1.807) is 13.8 Å². The van der Waals surface area contributed by atoms with Crippen molar-refractivity contribution < 1.29 is 67.0 Å². The van der Waals surface area contributed by atoms with E-state index in [0.29, 0.717) is 25.7 Å². The lowest BCUT2D eigenvalue weighted by Crippen LogP contribution is -2.70. The normalized spacial score (nSPS) is 15.5. The van der Waals surface area contributed by atoms with Crippen molar-refractivity contribution in [2.45, 2.75) is 88.2 Å². The Balaban J connectivity index is 5.87. The van der Waals surface area contributed by atoms with Crippen molar-refractivity contribution >= 4 is 5.97 Å². The lowest BCUT2D eigenvalue weighted by Gasteiger charge is -2.40. The van der Waals surface area contributed by atoms with Gasteiger partial charge in [0.15, 0.2) is 0 Å². The van der Waals surface area contributed by atoms with E-state index >= 15 is 0 Å². The zero-order chi connectivity index (χ0) is 28.1. The van der Waals surface area contributed by atoms with Gasteiger partial charge in [-0.15, -0.1) is 0 Å². The molecule has 0 spiro atoms. The molecule has 0 bridgehead atoms. The molecular weight excluding hydrogens is 521 g/mol. The molecule has 0 aromatic rings. The molecule has 0 aromatic heterocycles. The molecule has 1 N–H and O–H groups in total. The number of carboxylic acid groups (broad SMARTS) is 1. The number of rotatable bonds is 16. The van der Waals surface area contributed by atoms with Gasteiger partial charge >= 0.3 is 41.8 Å². The van der Waals surface area contributed by atoms with Gasteiger partial charge < -0.3 is 10.0 Å². The van der Waals surface area contributed by atoms with Gasteiger partial charge in [0.05, 0.1) is 5.92 Å². The van der Waals surface area contributed by atoms with Crippen LogP contribution in [0.5, 0.6) is 0 Å². The van der Waals surface area contributed by atoms with Crippen LogP contribution in [0.15, 0.2) is 0 Å². The van der Waals surface area contributed by atoms with E-state index in [1.807, 2.05) is 0 Å². The highest BCUT2D eigenvalue weighted by Gasteiger charge is 2.90. The second-order valence-corrected chi connectivity index (χ2v) is 8.08. The van der Waals surface area contributed by atoms with Crippen LogP contribution in [0.4, 0.5) is 57.1 Å². The summed E-state index contributed by atoms with van der Waals surface area (Å²) in [6, 6.07) is 0. The van der Waals surface area contributed by atoms with E-state index < -0.39 is 67.1 Å². The largest absolute Gasteiger partial charge is 0.481 e. The minimum Gasteiger partial charge on any atom is -0.481 e. The van der Waals surface area contributed by atoms with Crippen LogP contribution >= 0.6 is 0 Å². The molecule has 1 atom stereocenters. The van der Waals surface area contributed by atoms with Gasteiger partial charge in [0.25, 0.3) is 0 Å². The van der Waals surface area contributed by atoms with Crippen molar-refractivity contribution in [3.05, 3.63) is 0 Å². The van der Waals surface area contributed by atoms with Gasteiger partial charge in [0.1, 0.15) is 0 Å². The average Bonchev–Trinajstić information content (AvgIpc) is 2.70. The molecule has 0 aliphatic carbocycles. The van der Waals surface area contributed by atoms with Crippen molar-refractivity contribution in [2.24, 2.45) is 5.92 Å². The number of halogens is 13. The number of unbranched alkanes of at least 4 members (excludes halogenated alkanes) is 2. The second-order valence-electron chi connectivity index (χ2n) is 8.08. The number of alkyl halides is 13. The standard InChI is InChI=1S/C19H26F13NO2/c1-3-5-9-33(10-6-4-2)11-12(13(34)35)7-8-14(20,21)15(22,23)16(24,25)17(26,27)18(28,29)19(30,31)32/h12H,3-11H2,1-2H3,(H,34,35). The van der Waals surface area contributed by atoms with E-state index in [4.69, 9.17) is 0 Å². The fourth-order valence-corrected chi connectivity index (χ4v) is 2.98. The van der Waals surface area contributed by atoms with Gasteiger partial charge in [-0.05, 0) is 32.4 Å². The maximum atomic E-state index is 14.0.